The van der Waals surface area contributed by atoms with E-state index in [9.17, 15) is 4.79 Å². The van der Waals surface area contributed by atoms with Crippen LogP contribution in [0.15, 0.2) is 24.3 Å². The number of benzene rings is 1. The van der Waals surface area contributed by atoms with Crippen molar-refractivity contribution in [2.45, 2.75) is 59.1 Å². The van der Waals surface area contributed by atoms with Crippen LogP contribution in [0.1, 0.15) is 64.9 Å². The molecule has 28 heavy (non-hydrogen) atoms. The van der Waals surface area contributed by atoms with Gasteiger partial charge in [-0.3, -0.25) is 4.79 Å². The maximum atomic E-state index is 12.8. The highest BCUT2D eigenvalue weighted by Crippen LogP contribution is 2.40. The molecule has 1 amide bonds. The third-order valence-electron chi connectivity index (χ3n) is 4.89. The van der Waals surface area contributed by atoms with Crippen LogP contribution in [-0.4, -0.2) is 22.0 Å². The molecule has 6 heteroatoms. The molecule has 1 aliphatic rings. The van der Waals surface area contributed by atoms with Crippen molar-refractivity contribution in [2.24, 2.45) is 0 Å². The van der Waals surface area contributed by atoms with E-state index in [-0.39, 0.29) is 12.0 Å². The second-order valence-electron chi connectivity index (χ2n) is 7.67. The molecule has 0 bridgehead atoms. The van der Waals surface area contributed by atoms with Crippen molar-refractivity contribution in [3.8, 4) is 5.75 Å². The summed E-state index contributed by atoms with van der Waals surface area (Å²) in [5.41, 5.74) is 2.98. The van der Waals surface area contributed by atoms with Crippen molar-refractivity contribution in [3.63, 3.8) is 0 Å². The first-order chi connectivity index (χ1) is 13.4. The number of aromatic nitrogens is 2. The van der Waals surface area contributed by atoms with Gasteiger partial charge in [-0.2, -0.15) is 0 Å². The Bertz CT molecular complexity index is 1020. The first-order valence-corrected chi connectivity index (χ1v) is 10.6. The number of hydrogen-bond donors (Lipinski definition) is 1. The summed E-state index contributed by atoms with van der Waals surface area (Å²) in [6.45, 7) is 8.48. The lowest BCUT2D eigenvalue weighted by Crippen LogP contribution is -2.22. The second-order valence-corrected chi connectivity index (χ2v) is 8.67. The lowest BCUT2D eigenvalue weighted by Gasteiger charge is -2.10. The van der Waals surface area contributed by atoms with Gasteiger partial charge in [0.1, 0.15) is 16.4 Å². The number of ether oxygens (including phenoxy) is 1. The average Bonchev–Trinajstić information content (AvgIpc) is 3.44. The molecule has 2 heterocycles. The molecule has 4 rings (SSSR count). The predicted octanol–water partition coefficient (Wildman–Crippen LogP) is 4.90. The number of rotatable bonds is 6. The maximum Gasteiger partial charge on any atom is 0.261 e. The summed E-state index contributed by atoms with van der Waals surface area (Å²) in [6.07, 6.45) is 2.49. The van der Waals surface area contributed by atoms with E-state index in [1.165, 1.54) is 24.2 Å². The Morgan fingerprint density at radius 3 is 2.57 bits per heavy atom. The molecule has 146 valence electrons. The number of carbonyl (C=O) groups is 1. The van der Waals surface area contributed by atoms with Crippen LogP contribution in [0, 0.1) is 13.8 Å². The summed E-state index contributed by atoms with van der Waals surface area (Å²) in [4.78, 5) is 23.8. The zero-order chi connectivity index (χ0) is 19.8. The number of aryl methyl sites for hydroxylation is 2. The first kappa shape index (κ1) is 18.9. The van der Waals surface area contributed by atoms with E-state index in [0.29, 0.717) is 12.5 Å². The van der Waals surface area contributed by atoms with Crippen LogP contribution in [0.2, 0.25) is 0 Å². The van der Waals surface area contributed by atoms with Crippen molar-refractivity contribution in [3.05, 3.63) is 51.8 Å². The molecule has 2 aromatic heterocycles. The quantitative estimate of drug-likeness (QED) is 0.644. The third-order valence-corrected chi connectivity index (χ3v) is 6.07. The van der Waals surface area contributed by atoms with Crippen LogP contribution in [0.5, 0.6) is 5.75 Å². The molecule has 1 aliphatic carbocycles. The fraction of sp³-hybridized carbons (Fsp3) is 0.409. The SMILES string of the molecule is Cc1nc(C2CC2)nc2sc(C(=O)NCc3ccc(OC(C)C)cc3)c(C)c12. The van der Waals surface area contributed by atoms with Gasteiger partial charge in [0.15, 0.2) is 0 Å². The van der Waals surface area contributed by atoms with E-state index >= 15 is 0 Å². The van der Waals surface area contributed by atoms with Crippen LogP contribution < -0.4 is 10.1 Å². The minimum atomic E-state index is -0.0598. The summed E-state index contributed by atoms with van der Waals surface area (Å²) in [5, 5.41) is 4.05. The molecule has 1 fully saturated rings. The van der Waals surface area contributed by atoms with Gasteiger partial charge in [0.25, 0.3) is 5.91 Å². The minimum Gasteiger partial charge on any atom is -0.491 e. The standard InChI is InChI=1S/C22H25N3O2S/c1-12(2)27-17-9-5-15(6-10-17)11-23-21(26)19-13(3)18-14(4)24-20(16-7-8-16)25-22(18)28-19/h5-6,9-10,12,16H,7-8,11H2,1-4H3,(H,23,26). The van der Waals surface area contributed by atoms with Crippen molar-refractivity contribution < 1.29 is 9.53 Å². The number of nitrogens with one attached hydrogen (secondary N) is 1. The van der Waals surface area contributed by atoms with Crippen LogP contribution in [0.25, 0.3) is 10.2 Å². The normalized spacial score (nSPS) is 13.9. The molecular weight excluding hydrogens is 370 g/mol. The largest absolute Gasteiger partial charge is 0.491 e. The van der Waals surface area contributed by atoms with Crippen LogP contribution in [0.3, 0.4) is 0 Å². The van der Waals surface area contributed by atoms with Gasteiger partial charge in [0, 0.05) is 17.8 Å². The van der Waals surface area contributed by atoms with E-state index in [2.05, 4.69) is 10.3 Å². The van der Waals surface area contributed by atoms with Crippen LogP contribution >= 0.6 is 11.3 Å². The maximum absolute atomic E-state index is 12.8. The smallest absolute Gasteiger partial charge is 0.261 e. The van der Waals surface area contributed by atoms with Crippen molar-refractivity contribution in [1.82, 2.24) is 15.3 Å². The van der Waals surface area contributed by atoms with E-state index in [4.69, 9.17) is 9.72 Å². The summed E-state index contributed by atoms with van der Waals surface area (Å²) in [5.74, 6) is 2.22. The third kappa shape index (κ3) is 3.87. The molecule has 0 spiro atoms. The molecule has 1 N–H and O–H groups in total. The fourth-order valence-corrected chi connectivity index (χ4v) is 4.48. The highest BCUT2D eigenvalue weighted by Gasteiger charge is 2.28. The van der Waals surface area contributed by atoms with E-state index in [1.807, 2.05) is 52.0 Å². The Balaban J connectivity index is 1.49. The highest BCUT2D eigenvalue weighted by molar-refractivity contribution is 7.20. The van der Waals surface area contributed by atoms with E-state index < -0.39 is 0 Å². The van der Waals surface area contributed by atoms with Crippen LogP contribution in [-0.2, 0) is 6.54 Å². The van der Waals surface area contributed by atoms with Crippen molar-refractivity contribution >= 4 is 27.5 Å². The highest BCUT2D eigenvalue weighted by atomic mass is 32.1. The molecule has 0 radical (unpaired) electrons. The van der Waals surface area contributed by atoms with Gasteiger partial charge in [0.2, 0.25) is 0 Å². The summed E-state index contributed by atoms with van der Waals surface area (Å²) < 4.78 is 5.66. The Kier molecular flexibility index (Phi) is 5.06. The molecule has 1 saturated carbocycles. The van der Waals surface area contributed by atoms with Gasteiger partial charge in [-0.05, 0) is 63.8 Å². The topological polar surface area (TPSA) is 64.1 Å². The summed E-state index contributed by atoms with van der Waals surface area (Å²) in [6, 6.07) is 7.83. The Labute approximate surface area is 169 Å². The average molecular weight is 396 g/mol. The summed E-state index contributed by atoms with van der Waals surface area (Å²) >= 11 is 1.47. The molecule has 1 aromatic carbocycles. The minimum absolute atomic E-state index is 0.0598. The number of carbonyl (C=O) groups excluding carboxylic acids is 1. The van der Waals surface area contributed by atoms with Crippen LogP contribution in [0.4, 0.5) is 0 Å². The van der Waals surface area contributed by atoms with Gasteiger partial charge in [-0.1, -0.05) is 12.1 Å². The summed E-state index contributed by atoms with van der Waals surface area (Å²) in [7, 11) is 0. The fourth-order valence-electron chi connectivity index (χ4n) is 3.32. The van der Waals surface area contributed by atoms with Gasteiger partial charge in [-0.25, -0.2) is 9.97 Å². The lowest BCUT2D eigenvalue weighted by atomic mass is 10.1. The van der Waals surface area contributed by atoms with Crippen molar-refractivity contribution in [2.75, 3.05) is 0 Å². The molecule has 0 saturated heterocycles. The number of nitrogens with zero attached hydrogens (tertiary/aromatic N) is 2. The van der Waals surface area contributed by atoms with Crippen molar-refractivity contribution in [1.29, 1.82) is 0 Å². The number of thiophene rings is 1. The van der Waals surface area contributed by atoms with Gasteiger partial charge >= 0.3 is 0 Å². The van der Waals surface area contributed by atoms with E-state index in [0.717, 1.165) is 43.5 Å². The monoisotopic (exact) mass is 395 g/mol. The van der Waals surface area contributed by atoms with Gasteiger partial charge < -0.3 is 10.1 Å². The molecule has 3 aromatic rings. The molecule has 5 nitrogen and oxygen atoms in total. The Hall–Kier alpha value is -2.47. The Morgan fingerprint density at radius 1 is 1.21 bits per heavy atom. The zero-order valence-electron chi connectivity index (χ0n) is 16.7. The number of amides is 1. The Morgan fingerprint density at radius 2 is 1.93 bits per heavy atom. The zero-order valence-corrected chi connectivity index (χ0v) is 17.5. The first-order valence-electron chi connectivity index (χ1n) is 9.73. The molecular formula is C22H25N3O2S. The lowest BCUT2D eigenvalue weighted by molar-refractivity contribution is 0.0954. The van der Waals surface area contributed by atoms with Gasteiger partial charge in [0.05, 0.1) is 16.7 Å². The second kappa shape index (κ2) is 7.51. The number of hydrogen-bond acceptors (Lipinski definition) is 5. The molecule has 0 aliphatic heterocycles. The van der Waals surface area contributed by atoms with E-state index in [1.54, 1.807) is 0 Å². The van der Waals surface area contributed by atoms with Gasteiger partial charge in [-0.15, -0.1) is 11.3 Å². The predicted molar refractivity (Wildman–Crippen MR) is 112 cm³/mol. The molecule has 0 unspecified atom stereocenters. The molecule has 0 atom stereocenters. The number of fused-ring (bicyclic) bond motifs is 1.